The van der Waals surface area contributed by atoms with Gasteiger partial charge in [-0.1, -0.05) is 47.5 Å². The first-order chi connectivity index (χ1) is 8.95. The Hall–Kier alpha value is 0. The molecule has 3 saturated carbocycles. The monoisotopic (exact) mass is 262 g/mol. The SMILES string of the molecule is CCCC1(C)C2CC(CC1(C)CC)C1CC2CC1C. The quantitative estimate of drug-likeness (QED) is 0.593. The van der Waals surface area contributed by atoms with Crippen LogP contribution in [0.2, 0.25) is 0 Å². The molecule has 0 heterocycles. The van der Waals surface area contributed by atoms with Gasteiger partial charge in [0.1, 0.15) is 0 Å². The minimum absolute atomic E-state index is 0.609. The van der Waals surface area contributed by atoms with Crippen molar-refractivity contribution in [2.75, 3.05) is 0 Å². The summed E-state index contributed by atoms with van der Waals surface area (Å²) in [6.45, 7) is 12.7. The van der Waals surface area contributed by atoms with Crippen molar-refractivity contribution in [1.82, 2.24) is 0 Å². The van der Waals surface area contributed by atoms with Gasteiger partial charge in [0.2, 0.25) is 0 Å². The maximum Gasteiger partial charge on any atom is -0.0241 e. The lowest BCUT2D eigenvalue weighted by atomic mass is 9.44. The first-order valence-corrected chi connectivity index (χ1v) is 8.95. The summed E-state index contributed by atoms with van der Waals surface area (Å²) in [5, 5.41) is 0. The van der Waals surface area contributed by atoms with E-state index in [1.807, 2.05) is 0 Å². The van der Waals surface area contributed by atoms with Gasteiger partial charge in [0.25, 0.3) is 0 Å². The van der Waals surface area contributed by atoms with Crippen LogP contribution in [0.15, 0.2) is 0 Å². The first kappa shape index (κ1) is 14.0. The van der Waals surface area contributed by atoms with Crippen LogP contribution in [0.5, 0.6) is 0 Å². The summed E-state index contributed by atoms with van der Waals surface area (Å²) < 4.78 is 0. The Morgan fingerprint density at radius 2 is 1.74 bits per heavy atom. The van der Waals surface area contributed by atoms with E-state index in [2.05, 4.69) is 34.6 Å². The fraction of sp³-hybridized carbons (Fsp3) is 1.00. The molecule has 0 nitrogen and oxygen atoms in total. The van der Waals surface area contributed by atoms with Crippen molar-refractivity contribution in [3.63, 3.8) is 0 Å². The largest absolute Gasteiger partial charge is 0.0654 e. The lowest BCUT2D eigenvalue weighted by Crippen LogP contribution is -2.53. The lowest BCUT2D eigenvalue weighted by Gasteiger charge is -2.61. The summed E-state index contributed by atoms with van der Waals surface area (Å²) in [5.41, 5.74) is 1.23. The van der Waals surface area contributed by atoms with Gasteiger partial charge >= 0.3 is 0 Å². The van der Waals surface area contributed by atoms with Crippen molar-refractivity contribution >= 4 is 0 Å². The Bertz CT molecular complexity index is 346. The molecule has 7 atom stereocenters. The predicted octanol–water partition coefficient (Wildman–Crippen LogP) is 5.91. The van der Waals surface area contributed by atoms with E-state index in [0.29, 0.717) is 10.8 Å². The normalized spacial score (nSPS) is 56.4. The van der Waals surface area contributed by atoms with E-state index >= 15 is 0 Å². The second-order valence-corrected chi connectivity index (χ2v) is 8.76. The van der Waals surface area contributed by atoms with Crippen molar-refractivity contribution in [1.29, 1.82) is 0 Å². The molecule has 3 rings (SSSR count). The van der Waals surface area contributed by atoms with Crippen LogP contribution in [0.25, 0.3) is 0 Å². The molecule has 0 spiro atoms. The van der Waals surface area contributed by atoms with Gasteiger partial charge in [-0.05, 0) is 72.5 Å². The second-order valence-electron chi connectivity index (χ2n) is 8.76. The van der Waals surface area contributed by atoms with Crippen LogP contribution in [0.1, 0.15) is 79.6 Å². The molecular formula is C19H34. The molecule has 0 aliphatic heterocycles. The predicted molar refractivity (Wildman–Crippen MR) is 83.0 cm³/mol. The molecule has 0 saturated heterocycles. The molecule has 0 aromatic heterocycles. The maximum atomic E-state index is 2.67. The fourth-order valence-corrected chi connectivity index (χ4v) is 6.84. The third kappa shape index (κ3) is 1.77. The van der Waals surface area contributed by atoms with E-state index in [0.717, 1.165) is 29.6 Å². The average Bonchev–Trinajstić information content (AvgIpc) is 2.70. The minimum Gasteiger partial charge on any atom is -0.0654 e. The van der Waals surface area contributed by atoms with Crippen molar-refractivity contribution in [3.8, 4) is 0 Å². The molecule has 0 heteroatoms. The van der Waals surface area contributed by atoms with Crippen LogP contribution in [-0.4, -0.2) is 0 Å². The van der Waals surface area contributed by atoms with Gasteiger partial charge < -0.3 is 0 Å². The van der Waals surface area contributed by atoms with Crippen LogP contribution in [0.4, 0.5) is 0 Å². The van der Waals surface area contributed by atoms with E-state index in [9.17, 15) is 0 Å². The topological polar surface area (TPSA) is 0 Å². The van der Waals surface area contributed by atoms with Crippen LogP contribution in [-0.2, 0) is 0 Å². The zero-order valence-electron chi connectivity index (χ0n) is 13.8. The molecule has 4 bridgehead atoms. The second kappa shape index (κ2) is 4.50. The molecule has 3 aliphatic rings. The third-order valence-corrected chi connectivity index (χ3v) is 8.17. The van der Waals surface area contributed by atoms with Crippen LogP contribution in [0.3, 0.4) is 0 Å². The summed E-state index contributed by atoms with van der Waals surface area (Å²) in [6, 6.07) is 0. The highest BCUT2D eigenvalue weighted by Crippen LogP contribution is 2.68. The standard InChI is InChI=1S/C19H34/c1-6-8-19(5)17-11-15(12-18(19,4)7-2)16-10-14(17)9-13(16)3/h13-17H,6-12H2,1-5H3. The van der Waals surface area contributed by atoms with E-state index in [1.54, 1.807) is 19.3 Å². The van der Waals surface area contributed by atoms with Crippen molar-refractivity contribution in [2.24, 2.45) is 40.4 Å². The molecule has 7 unspecified atom stereocenters. The zero-order chi connectivity index (χ0) is 13.8. The Morgan fingerprint density at radius 3 is 2.37 bits per heavy atom. The van der Waals surface area contributed by atoms with Gasteiger partial charge in [-0.2, -0.15) is 0 Å². The van der Waals surface area contributed by atoms with Crippen LogP contribution < -0.4 is 0 Å². The van der Waals surface area contributed by atoms with E-state index in [4.69, 9.17) is 0 Å². The molecule has 110 valence electrons. The van der Waals surface area contributed by atoms with E-state index < -0.39 is 0 Å². The summed E-state index contributed by atoms with van der Waals surface area (Å²) >= 11 is 0. The average molecular weight is 262 g/mol. The summed E-state index contributed by atoms with van der Waals surface area (Å²) in [7, 11) is 0. The van der Waals surface area contributed by atoms with Crippen LogP contribution in [0, 0.1) is 40.4 Å². The molecule has 0 aromatic carbocycles. The van der Waals surface area contributed by atoms with Crippen LogP contribution >= 0.6 is 0 Å². The van der Waals surface area contributed by atoms with Crippen molar-refractivity contribution < 1.29 is 0 Å². The van der Waals surface area contributed by atoms with Crippen molar-refractivity contribution in [2.45, 2.75) is 79.6 Å². The molecule has 0 radical (unpaired) electrons. The van der Waals surface area contributed by atoms with Gasteiger partial charge in [0, 0.05) is 0 Å². The molecule has 3 aliphatic carbocycles. The third-order valence-electron chi connectivity index (χ3n) is 8.17. The summed E-state index contributed by atoms with van der Waals surface area (Å²) in [4.78, 5) is 0. The summed E-state index contributed by atoms with van der Waals surface area (Å²) in [6.07, 6.45) is 10.5. The van der Waals surface area contributed by atoms with E-state index in [1.165, 1.54) is 25.7 Å². The van der Waals surface area contributed by atoms with Gasteiger partial charge in [-0.15, -0.1) is 0 Å². The highest BCUT2D eigenvalue weighted by atomic mass is 14.6. The molecule has 3 fully saturated rings. The first-order valence-electron chi connectivity index (χ1n) is 8.95. The Balaban J connectivity index is 1.99. The van der Waals surface area contributed by atoms with Gasteiger partial charge in [-0.25, -0.2) is 0 Å². The van der Waals surface area contributed by atoms with Gasteiger partial charge in [-0.3, -0.25) is 0 Å². The van der Waals surface area contributed by atoms with E-state index in [-0.39, 0.29) is 0 Å². The number of hydrogen-bond donors (Lipinski definition) is 0. The molecule has 0 aromatic rings. The molecular weight excluding hydrogens is 228 g/mol. The Morgan fingerprint density at radius 1 is 1.00 bits per heavy atom. The number of fused-ring (bicyclic) bond motifs is 6. The number of rotatable bonds is 3. The summed E-state index contributed by atoms with van der Waals surface area (Å²) in [5.74, 6) is 5.27. The number of hydrogen-bond acceptors (Lipinski definition) is 0. The minimum atomic E-state index is 0.609. The molecule has 19 heavy (non-hydrogen) atoms. The van der Waals surface area contributed by atoms with Crippen molar-refractivity contribution in [3.05, 3.63) is 0 Å². The fourth-order valence-electron chi connectivity index (χ4n) is 6.84. The lowest BCUT2D eigenvalue weighted by molar-refractivity contribution is -0.119. The maximum absolute atomic E-state index is 2.67. The highest BCUT2D eigenvalue weighted by Gasteiger charge is 2.60. The Kier molecular flexibility index (Phi) is 3.31. The van der Waals surface area contributed by atoms with Gasteiger partial charge in [0.15, 0.2) is 0 Å². The molecule has 0 N–H and O–H groups in total. The Labute approximate surface area is 120 Å². The smallest absolute Gasteiger partial charge is 0.0241 e. The molecule has 0 amide bonds. The highest BCUT2D eigenvalue weighted by molar-refractivity contribution is 5.09. The van der Waals surface area contributed by atoms with Gasteiger partial charge in [0.05, 0.1) is 0 Å². The zero-order valence-corrected chi connectivity index (χ0v) is 13.8.